The van der Waals surface area contributed by atoms with E-state index < -0.39 is 5.54 Å². The number of halogens is 1. The number of carbonyl (C=O) groups excluding carboxylic acids is 1. The summed E-state index contributed by atoms with van der Waals surface area (Å²) in [5.74, 6) is 0.926. The number of urea groups is 1. The topological polar surface area (TPSA) is 93.1 Å². The number of anilines is 1. The highest BCUT2D eigenvalue weighted by Gasteiger charge is 2.50. The normalized spacial score (nSPS) is 17.8. The molecule has 1 N–H and O–H groups in total. The van der Waals surface area contributed by atoms with Crippen LogP contribution in [0.3, 0.4) is 0 Å². The van der Waals surface area contributed by atoms with Crippen LogP contribution in [0.25, 0.3) is 0 Å². The van der Waals surface area contributed by atoms with E-state index in [1.807, 2.05) is 24.3 Å². The van der Waals surface area contributed by atoms with Crippen LogP contribution < -0.4 is 15.0 Å². The van der Waals surface area contributed by atoms with E-state index in [-0.39, 0.29) is 6.03 Å². The van der Waals surface area contributed by atoms with Crippen molar-refractivity contribution < 1.29 is 9.53 Å². The maximum Gasteiger partial charge on any atom is 0.323 e. The quantitative estimate of drug-likeness (QED) is 0.496. The highest BCUT2D eigenvalue weighted by molar-refractivity contribution is 6.30. The van der Waals surface area contributed by atoms with Crippen LogP contribution in [0.2, 0.25) is 5.02 Å². The Morgan fingerprint density at radius 2 is 1.75 bits per heavy atom. The minimum atomic E-state index is -0.957. The van der Waals surface area contributed by atoms with Crippen molar-refractivity contribution >= 4 is 23.3 Å². The number of nitrogens with zero attached hydrogens (tertiary/aromatic N) is 5. The number of amides is 2. The standard InChI is InChI=1S/C23H17ClN6O2/c24-17-4-6-18(7-5-17)30-22(31)29-15-23(30,20-13-25-8-10-27-20)16-2-1-3-19(12-16)32-21-14-26-9-11-28-21/h1-14H,15H2,(H,29,31). The summed E-state index contributed by atoms with van der Waals surface area (Å²) in [6, 6.07) is 14.3. The van der Waals surface area contributed by atoms with Crippen molar-refractivity contribution in [2.45, 2.75) is 5.54 Å². The maximum absolute atomic E-state index is 13.1. The Balaban J connectivity index is 1.66. The fourth-order valence-electron chi connectivity index (χ4n) is 3.84. The number of hydrogen-bond donors (Lipinski definition) is 1. The predicted octanol–water partition coefficient (Wildman–Crippen LogP) is 4.19. The molecule has 2 aromatic carbocycles. The third-order valence-corrected chi connectivity index (χ3v) is 5.48. The summed E-state index contributed by atoms with van der Waals surface area (Å²) in [6.07, 6.45) is 9.54. The van der Waals surface area contributed by atoms with Crippen molar-refractivity contribution in [1.82, 2.24) is 25.3 Å². The molecular formula is C23H17ClN6O2. The van der Waals surface area contributed by atoms with Crippen molar-refractivity contribution in [3.8, 4) is 11.6 Å². The average molecular weight is 445 g/mol. The molecule has 8 nitrogen and oxygen atoms in total. The molecule has 1 unspecified atom stereocenters. The number of aromatic nitrogens is 4. The molecule has 2 aromatic heterocycles. The van der Waals surface area contributed by atoms with Gasteiger partial charge in [-0.2, -0.15) is 0 Å². The van der Waals surface area contributed by atoms with Crippen LogP contribution in [-0.2, 0) is 5.54 Å². The van der Waals surface area contributed by atoms with Crippen LogP contribution in [-0.4, -0.2) is 32.5 Å². The molecule has 3 heterocycles. The summed E-state index contributed by atoms with van der Waals surface area (Å²) in [7, 11) is 0. The highest BCUT2D eigenvalue weighted by atomic mass is 35.5. The Morgan fingerprint density at radius 1 is 0.969 bits per heavy atom. The zero-order valence-corrected chi connectivity index (χ0v) is 17.5. The molecular weight excluding hydrogens is 428 g/mol. The van der Waals surface area contributed by atoms with Crippen molar-refractivity contribution in [1.29, 1.82) is 0 Å². The van der Waals surface area contributed by atoms with E-state index >= 15 is 0 Å². The van der Waals surface area contributed by atoms with Gasteiger partial charge in [0, 0.05) is 35.5 Å². The van der Waals surface area contributed by atoms with Crippen LogP contribution in [0.1, 0.15) is 11.3 Å². The molecule has 0 spiro atoms. The fraction of sp³-hybridized carbons (Fsp3) is 0.0870. The summed E-state index contributed by atoms with van der Waals surface area (Å²) in [5.41, 5.74) is 1.13. The molecule has 9 heteroatoms. The fourth-order valence-corrected chi connectivity index (χ4v) is 3.96. The first-order chi connectivity index (χ1) is 15.7. The second kappa shape index (κ2) is 8.24. The minimum Gasteiger partial charge on any atom is -0.437 e. The molecule has 0 bridgehead atoms. The Kier molecular flexibility index (Phi) is 5.12. The number of nitrogens with one attached hydrogen (secondary N) is 1. The first kappa shape index (κ1) is 19.9. The largest absolute Gasteiger partial charge is 0.437 e. The van der Waals surface area contributed by atoms with E-state index in [9.17, 15) is 4.79 Å². The molecule has 1 atom stereocenters. The highest BCUT2D eigenvalue weighted by Crippen LogP contribution is 2.42. The summed E-state index contributed by atoms with van der Waals surface area (Å²) in [4.78, 5) is 31.8. The van der Waals surface area contributed by atoms with E-state index in [1.54, 1.807) is 60.1 Å². The molecule has 158 valence electrons. The van der Waals surface area contributed by atoms with E-state index in [2.05, 4.69) is 25.3 Å². The Labute approximate surface area is 188 Å². The Hall–Kier alpha value is -4.04. The van der Waals surface area contributed by atoms with Gasteiger partial charge in [0.25, 0.3) is 0 Å². The summed E-state index contributed by atoms with van der Waals surface area (Å²) in [6.45, 7) is 0.293. The summed E-state index contributed by atoms with van der Waals surface area (Å²) in [5, 5.41) is 3.54. The second-order valence-electron chi connectivity index (χ2n) is 7.10. The molecule has 1 fully saturated rings. The summed E-state index contributed by atoms with van der Waals surface area (Å²) < 4.78 is 5.89. The number of hydrogen-bond acceptors (Lipinski definition) is 6. The Morgan fingerprint density at radius 3 is 2.47 bits per heavy atom. The SMILES string of the molecule is O=C1NCC(c2cccc(Oc3cnccn3)c2)(c2cnccn2)N1c1ccc(Cl)cc1. The molecule has 0 radical (unpaired) electrons. The number of ether oxygens (including phenoxy) is 1. The smallest absolute Gasteiger partial charge is 0.323 e. The van der Waals surface area contributed by atoms with E-state index in [1.165, 1.54) is 6.20 Å². The molecule has 1 saturated heterocycles. The zero-order valence-electron chi connectivity index (χ0n) is 16.7. The second-order valence-corrected chi connectivity index (χ2v) is 7.53. The van der Waals surface area contributed by atoms with Gasteiger partial charge in [0.05, 0.1) is 24.6 Å². The summed E-state index contributed by atoms with van der Waals surface area (Å²) >= 11 is 6.09. The number of rotatable bonds is 5. The van der Waals surface area contributed by atoms with Crippen LogP contribution in [0.15, 0.2) is 85.7 Å². The van der Waals surface area contributed by atoms with Gasteiger partial charge in [0.1, 0.15) is 11.3 Å². The third-order valence-electron chi connectivity index (χ3n) is 5.23. The van der Waals surface area contributed by atoms with E-state index in [4.69, 9.17) is 16.3 Å². The first-order valence-corrected chi connectivity index (χ1v) is 10.2. The van der Waals surface area contributed by atoms with Crippen LogP contribution in [0.5, 0.6) is 11.6 Å². The lowest BCUT2D eigenvalue weighted by Crippen LogP contribution is -2.46. The van der Waals surface area contributed by atoms with Gasteiger partial charge in [-0.1, -0.05) is 23.7 Å². The van der Waals surface area contributed by atoms with Crippen molar-refractivity contribution in [3.05, 3.63) is 102 Å². The molecule has 1 aliphatic rings. The van der Waals surface area contributed by atoms with E-state index in [0.29, 0.717) is 34.6 Å². The lowest BCUT2D eigenvalue weighted by Gasteiger charge is -2.37. The van der Waals surface area contributed by atoms with Crippen LogP contribution in [0.4, 0.5) is 10.5 Å². The van der Waals surface area contributed by atoms with E-state index in [0.717, 1.165) is 5.56 Å². The van der Waals surface area contributed by atoms with Gasteiger partial charge in [0.2, 0.25) is 5.88 Å². The van der Waals surface area contributed by atoms with Gasteiger partial charge in [-0.05, 0) is 42.0 Å². The molecule has 32 heavy (non-hydrogen) atoms. The maximum atomic E-state index is 13.1. The van der Waals surface area contributed by atoms with Crippen molar-refractivity contribution in [3.63, 3.8) is 0 Å². The number of benzene rings is 2. The third kappa shape index (κ3) is 3.50. The average Bonchev–Trinajstić information content (AvgIpc) is 3.19. The lowest BCUT2D eigenvalue weighted by molar-refractivity contribution is 0.251. The molecule has 4 aromatic rings. The van der Waals surface area contributed by atoms with Gasteiger partial charge in [0.15, 0.2) is 0 Å². The van der Waals surface area contributed by atoms with Gasteiger partial charge in [-0.25, -0.2) is 9.78 Å². The van der Waals surface area contributed by atoms with Crippen molar-refractivity contribution in [2.75, 3.05) is 11.4 Å². The van der Waals surface area contributed by atoms with Gasteiger partial charge in [-0.15, -0.1) is 0 Å². The molecule has 1 aliphatic heterocycles. The zero-order chi connectivity index (χ0) is 22.0. The first-order valence-electron chi connectivity index (χ1n) is 9.81. The van der Waals surface area contributed by atoms with Crippen LogP contribution in [0, 0.1) is 0 Å². The van der Waals surface area contributed by atoms with Crippen LogP contribution >= 0.6 is 11.6 Å². The van der Waals surface area contributed by atoms with Gasteiger partial charge < -0.3 is 10.1 Å². The lowest BCUT2D eigenvalue weighted by atomic mass is 9.85. The molecule has 0 saturated carbocycles. The molecule has 2 amide bonds. The molecule has 0 aliphatic carbocycles. The predicted molar refractivity (Wildman–Crippen MR) is 119 cm³/mol. The monoisotopic (exact) mass is 444 g/mol. The van der Waals surface area contributed by atoms with Gasteiger partial charge >= 0.3 is 6.03 Å². The number of carbonyl (C=O) groups is 1. The van der Waals surface area contributed by atoms with Crippen molar-refractivity contribution in [2.24, 2.45) is 0 Å². The molecule has 5 rings (SSSR count). The van der Waals surface area contributed by atoms with Gasteiger partial charge in [-0.3, -0.25) is 19.9 Å². The minimum absolute atomic E-state index is 0.252. The Bertz CT molecular complexity index is 1240.